The van der Waals surface area contributed by atoms with E-state index in [0.717, 1.165) is 16.4 Å². The molecule has 0 bridgehead atoms. The lowest BCUT2D eigenvalue weighted by Gasteiger charge is -2.13. The van der Waals surface area contributed by atoms with Gasteiger partial charge in [-0.05, 0) is 26.0 Å². The molecule has 0 aliphatic carbocycles. The Balaban J connectivity index is 2.11. The van der Waals surface area contributed by atoms with Crippen LogP contribution in [0, 0.1) is 12.7 Å². The van der Waals surface area contributed by atoms with Crippen molar-refractivity contribution in [1.82, 2.24) is 14.9 Å². The van der Waals surface area contributed by atoms with Crippen LogP contribution in [-0.2, 0) is 4.79 Å². The molecule has 2 aromatic rings. The van der Waals surface area contributed by atoms with Gasteiger partial charge in [0, 0.05) is 0 Å². The summed E-state index contributed by atoms with van der Waals surface area (Å²) < 4.78 is 14.3. The Bertz CT molecular complexity index is 764. The van der Waals surface area contributed by atoms with Gasteiger partial charge in [-0.25, -0.2) is 4.39 Å². The largest absolute Gasteiger partial charge is 0.334 e. The topological polar surface area (TPSA) is 103 Å². The molecule has 9 heteroatoms. The summed E-state index contributed by atoms with van der Waals surface area (Å²) in [6.45, 7) is 3.08. The number of anilines is 1. The zero-order valence-corrected chi connectivity index (χ0v) is 12.7. The summed E-state index contributed by atoms with van der Waals surface area (Å²) in [4.78, 5) is 23.7. The zero-order valence-electron chi connectivity index (χ0n) is 11.9. The Kier molecular flexibility index (Phi) is 4.76. The number of benzene rings is 1. The number of halogens is 1. The molecule has 22 heavy (non-hydrogen) atoms. The molecular weight excluding hydrogens is 309 g/mol. The van der Waals surface area contributed by atoms with Crippen LogP contribution >= 0.6 is 11.8 Å². The van der Waals surface area contributed by atoms with Crippen LogP contribution in [-0.4, -0.2) is 26.0 Å². The number of hydrogen-bond donors (Lipinski definition) is 2. The summed E-state index contributed by atoms with van der Waals surface area (Å²) in [6, 6.07) is 5.84. The summed E-state index contributed by atoms with van der Waals surface area (Å²) in [6.07, 6.45) is 0. The minimum Gasteiger partial charge on any atom is -0.334 e. The number of nitrogen functional groups attached to an aromatic ring is 1. The van der Waals surface area contributed by atoms with Crippen molar-refractivity contribution < 1.29 is 9.18 Å². The van der Waals surface area contributed by atoms with Gasteiger partial charge >= 0.3 is 0 Å². The standard InChI is InChI=1S/C13H14FN5O2S/c1-7-12(21)19(15)13(18-17-7)22-8(2)11(20)16-10-6-4-3-5-9(10)14/h3-6,8H,15H2,1-2H3,(H,16,20)/t8-/m1/s1. The molecule has 1 aromatic carbocycles. The second kappa shape index (κ2) is 6.56. The Hall–Kier alpha value is -2.42. The molecule has 0 spiro atoms. The van der Waals surface area contributed by atoms with Crippen LogP contribution in [0.25, 0.3) is 0 Å². The van der Waals surface area contributed by atoms with Gasteiger partial charge in [-0.3, -0.25) is 9.59 Å². The van der Waals surface area contributed by atoms with Gasteiger partial charge in [0.25, 0.3) is 5.56 Å². The highest BCUT2D eigenvalue weighted by molar-refractivity contribution is 8.00. The van der Waals surface area contributed by atoms with Crippen LogP contribution in [0.5, 0.6) is 0 Å². The number of nitrogens with zero attached hydrogens (tertiary/aromatic N) is 3. The Morgan fingerprint density at radius 3 is 2.77 bits per heavy atom. The fourth-order valence-electron chi connectivity index (χ4n) is 1.56. The molecule has 3 N–H and O–H groups in total. The minimum absolute atomic E-state index is 0.0834. The second-order valence-electron chi connectivity index (χ2n) is 4.47. The van der Waals surface area contributed by atoms with E-state index in [0.29, 0.717) is 0 Å². The SMILES string of the molecule is Cc1nnc(S[C@H](C)C(=O)Nc2ccccc2F)n(N)c1=O. The van der Waals surface area contributed by atoms with Crippen molar-refractivity contribution in [2.45, 2.75) is 24.3 Å². The van der Waals surface area contributed by atoms with Crippen molar-refractivity contribution in [3.63, 3.8) is 0 Å². The number of nitrogens with one attached hydrogen (secondary N) is 1. The number of thioether (sulfide) groups is 1. The fourth-order valence-corrected chi connectivity index (χ4v) is 2.33. The summed E-state index contributed by atoms with van der Waals surface area (Å²) in [5.74, 6) is 4.63. The molecule has 1 aromatic heterocycles. The highest BCUT2D eigenvalue weighted by atomic mass is 32.2. The van der Waals surface area contributed by atoms with Gasteiger partial charge in [-0.1, -0.05) is 23.9 Å². The molecule has 0 aliphatic rings. The molecule has 1 atom stereocenters. The van der Waals surface area contributed by atoms with Gasteiger partial charge in [-0.15, -0.1) is 10.2 Å². The van der Waals surface area contributed by atoms with E-state index in [1.807, 2.05) is 0 Å². The Morgan fingerprint density at radius 2 is 2.09 bits per heavy atom. The van der Waals surface area contributed by atoms with E-state index in [4.69, 9.17) is 5.84 Å². The number of rotatable bonds is 4. The number of aryl methyl sites for hydroxylation is 1. The lowest BCUT2D eigenvalue weighted by molar-refractivity contribution is -0.115. The van der Waals surface area contributed by atoms with Gasteiger partial charge in [0.15, 0.2) is 0 Å². The molecule has 0 saturated carbocycles. The van der Waals surface area contributed by atoms with Gasteiger partial charge in [0.1, 0.15) is 11.5 Å². The maximum Gasteiger partial charge on any atom is 0.294 e. The van der Waals surface area contributed by atoms with Gasteiger partial charge in [0.05, 0.1) is 10.9 Å². The van der Waals surface area contributed by atoms with Gasteiger partial charge in [0.2, 0.25) is 11.1 Å². The van der Waals surface area contributed by atoms with E-state index in [9.17, 15) is 14.0 Å². The molecule has 116 valence electrons. The quantitative estimate of drug-likeness (QED) is 0.640. The summed E-state index contributed by atoms with van der Waals surface area (Å²) in [5, 5.41) is 9.38. The van der Waals surface area contributed by atoms with Crippen LogP contribution in [0.2, 0.25) is 0 Å². The average Bonchev–Trinajstić information content (AvgIpc) is 2.50. The minimum atomic E-state index is -0.647. The maximum atomic E-state index is 13.5. The molecule has 1 heterocycles. The third kappa shape index (κ3) is 3.42. The van der Waals surface area contributed by atoms with E-state index >= 15 is 0 Å². The van der Waals surface area contributed by atoms with Crippen LogP contribution in [0.15, 0.2) is 34.2 Å². The molecule has 0 radical (unpaired) electrons. The number of para-hydroxylation sites is 1. The van der Waals surface area contributed by atoms with Crippen LogP contribution in [0.3, 0.4) is 0 Å². The normalized spacial score (nSPS) is 12.0. The predicted octanol–water partition coefficient (Wildman–Crippen LogP) is 0.919. The number of aromatic nitrogens is 3. The zero-order chi connectivity index (χ0) is 16.3. The van der Waals surface area contributed by atoms with Crippen molar-refractivity contribution in [3.05, 3.63) is 46.1 Å². The van der Waals surface area contributed by atoms with Crippen molar-refractivity contribution in [1.29, 1.82) is 0 Å². The summed E-state index contributed by atoms with van der Waals surface area (Å²) >= 11 is 0.956. The lowest BCUT2D eigenvalue weighted by atomic mass is 10.3. The highest BCUT2D eigenvalue weighted by Gasteiger charge is 2.19. The summed E-state index contributed by atoms with van der Waals surface area (Å²) in [7, 11) is 0. The van der Waals surface area contributed by atoms with Crippen LogP contribution in [0.1, 0.15) is 12.6 Å². The Labute approximate surface area is 129 Å². The molecule has 0 aliphatic heterocycles. The molecule has 1 amide bonds. The van der Waals surface area contributed by atoms with Crippen molar-refractivity contribution >= 4 is 23.4 Å². The smallest absolute Gasteiger partial charge is 0.294 e. The number of carbonyl (C=O) groups is 1. The van der Waals surface area contributed by atoms with Gasteiger partial charge in [-0.2, -0.15) is 4.68 Å². The molecule has 0 saturated heterocycles. The third-order valence-electron chi connectivity index (χ3n) is 2.80. The lowest BCUT2D eigenvalue weighted by Crippen LogP contribution is -2.33. The molecule has 0 unspecified atom stereocenters. The van der Waals surface area contributed by atoms with Crippen LogP contribution < -0.4 is 16.7 Å². The first-order chi connectivity index (χ1) is 10.4. The maximum absolute atomic E-state index is 13.5. The Morgan fingerprint density at radius 1 is 1.41 bits per heavy atom. The number of amides is 1. The van der Waals surface area contributed by atoms with Crippen molar-refractivity contribution in [2.75, 3.05) is 11.2 Å². The molecule has 7 nitrogen and oxygen atoms in total. The molecular formula is C13H14FN5O2S. The third-order valence-corrected chi connectivity index (χ3v) is 3.86. The molecule has 0 fully saturated rings. The first-order valence-electron chi connectivity index (χ1n) is 6.33. The summed E-state index contributed by atoms with van der Waals surface area (Å²) in [5.41, 5.74) is -0.241. The second-order valence-corrected chi connectivity index (χ2v) is 5.78. The highest BCUT2D eigenvalue weighted by Crippen LogP contribution is 2.21. The van der Waals surface area contributed by atoms with E-state index in [-0.39, 0.29) is 16.5 Å². The number of carbonyl (C=O) groups excluding carboxylic acids is 1. The monoisotopic (exact) mass is 323 g/mol. The van der Waals surface area contributed by atoms with Gasteiger partial charge < -0.3 is 11.2 Å². The molecule has 2 rings (SSSR count). The predicted molar refractivity (Wildman–Crippen MR) is 81.5 cm³/mol. The van der Waals surface area contributed by atoms with E-state index in [2.05, 4.69) is 15.5 Å². The average molecular weight is 323 g/mol. The number of nitrogens with two attached hydrogens (primary N) is 1. The van der Waals surface area contributed by atoms with Crippen LogP contribution in [0.4, 0.5) is 10.1 Å². The fraction of sp³-hybridized carbons (Fsp3) is 0.231. The number of hydrogen-bond acceptors (Lipinski definition) is 6. The van der Waals surface area contributed by atoms with E-state index in [1.165, 1.54) is 25.1 Å². The van der Waals surface area contributed by atoms with Crippen molar-refractivity contribution in [3.8, 4) is 0 Å². The first-order valence-corrected chi connectivity index (χ1v) is 7.21. The first kappa shape index (κ1) is 16.0. The van der Waals surface area contributed by atoms with E-state index in [1.54, 1.807) is 13.0 Å². The van der Waals surface area contributed by atoms with Crippen molar-refractivity contribution in [2.24, 2.45) is 0 Å². The van der Waals surface area contributed by atoms with E-state index < -0.39 is 22.5 Å².